The monoisotopic (exact) mass is 804 g/mol. The Hall–Kier alpha value is -7.41. The van der Waals surface area contributed by atoms with Crippen molar-refractivity contribution in [3.63, 3.8) is 0 Å². The first kappa shape index (κ1) is 38.1. The summed E-state index contributed by atoms with van der Waals surface area (Å²) in [6.07, 6.45) is 6.60. The molecule has 0 saturated carbocycles. The van der Waals surface area contributed by atoms with Gasteiger partial charge in [0.25, 0.3) is 5.82 Å². The van der Waals surface area contributed by atoms with Gasteiger partial charge in [-0.25, -0.2) is 14.5 Å². The van der Waals surface area contributed by atoms with E-state index in [4.69, 9.17) is 18.8 Å². The average molecular weight is 805 g/mol. The van der Waals surface area contributed by atoms with Gasteiger partial charge < -0.3 is 31.0 Å². The van der Waals surface area contributed by atoms with E-state index in [0.29, 0.717) is 11.8 Å². The number of aryl methyl sites for hydroxylation is 1. The number of imidazole rings is 1. The number of rotatable bonds is 8. The summed E-state index contributed by atoms with van der Waals surface area (Å²) in [6, 6.07) is 49.8. The van der Waals surface area contributed by atoms with Crippen LogP contribution in [0.4, 0.5) is 34.3 Å². The summed E-state index contributed by atoms with van der Waals surface area (Å²) in [4.78, 5) is 14.3. The number of hydrogen-bond donors (Lipinski definition) is 0. The Morgan fingerprint density at radius 2 is 1.18 bits per heavy atom. The Morgan fingerprint density at radius 1 is 0.633 bits per heavy atom. The number of aromatic nitrogens is 4. The van der Waals surface area contributed by atoms with Crippen molar-refractivity contribution in [2.45, 2.75) is 20.4 Å². The van der Waals surface area contributed by atoms with Gasteiger partial charge in [0.1, 0.15) is 22.5 Å². The van der Waals surface area contributed by atoms with Crippen LogP contribution in [0.2, 0.25) is 0 Å². The van der Waals surface area contributed by atoms with Crippen molar-refractivity contribution in [1.82, 2.24) is 14.5 Å². The van der Waals surface area contributed by atoms with E-state index >= 15 is 0 Å². The molecule has 1 aliphatic rings. The number of nitrogens with zero attached hydrogens (tertiary/aromatic N) is 6. The summed E-state index contributed by atoms with van der Waals surface area (Å²) in [5.74, 6) is 3.33. The molecule has 0 radical (unpaired) electrons. The van der Waals surface area contributed by atoms with Gasteiger partial charge in [-0.15, -0.1) is 0 Å². The van der Waals surface area contributed by atoms with Gasteiger partial charge in [0.05, 0.1) is 17.9 Å². The Morgan fingerprint density at radius 3 is 1.77 bits per heavy atom. The number of oxazole rings is 2. The maximum Gasteiger partial charge on any atom is 0.673 e. The summed E-state index contributed by atoms with van der Waals surface area (Å²) in [5, 5.41) is 0. The molecule has 0 fully saturated rings. The molecule has 9 aromatic rings. The predicted octanol–water partition coefficient (Wildman–Crippen LogP) is 12.4. The maximum atomic E-state index is 9.75. The second-order valence-corrected chi connectivity index (χ2v) is 13.9. The van der Waals surface area contributed by atoms with E-state index in [2.05, 4.69) is 148 Å². The molecule has 6 aromatic carbocycles. The molecule has 0 atom stereocenters. The molecular formula is C47H37BF4N6O2. The van der Waals surface area contributed by atoms with Gasteiger partial charge in [0.2, 0.25) is 11.8 Å². The van der Waals surface area contributed by atoms with Crippen molar-refractivity contribution in [2.75, 3.05) is 16.3 Å². The largest absolute Gasteiger partial charge is 0.673 e. The highest BCUT2D eigenvalue weighted by Gasteiger charge is 2.32. The van der Waals surface area contributed by atoms with E-state index in [-0.39, 0.29) is 0 Å². The number of para-hydroxylation sites is 6. The van der Waals surface area contributed by atoms with Crippen molar-refractivity contribution in [1.29, 1.82) is 0 Å². The lowest BCUT2D eigenvalue weighted by Gasteiger charge is -2.24. The number of hydrogen-bond acceptors (Lipinski definition) is 6. The molecule has 298 valence electrons. The third-order valence-corrected chi connectivity index (χ3v) is 10.3. The van der Waals surface area contributed by atoms with E-state index in [1.54, 1.807) is 0 Å². The highest BCUT2D eigenvalue weighted by atomic mass is 19.5. The first-order chi connectivity index (χ1) is 29.2. The van der Waals surface area contributed by atoms with Crippen LogP contribution in [0.25, 0.3) is 67.9 Å². The van der Waals surface area contributed by atoms with Crippen LogP contribution >= 0.6 is 0 Å². The van der Waals surface area contributed by atoms with Crippen molar-refractivity contribution in [3.8, 4) is 28.6 Å². The molecule has 1 aliphatic heterocycles. The molecule has 0 spiro atoms. The molecular weight excluding hydrogens is 767 g/mol. The minimum absolute atomic E-state index is 0.612. The number of benzene rings is 6. The minimum atomic E-state index is -6.00. The first-order valence-electron chi connectivity index (χ1n) is 19.6. The standard InChI is InChI=1S/C47H37N6O2.BF4/c1-3-50-40-30-32(46-48-36-20-11-13-22-42(36)54-46)26-28-38(40)52(34-16-7-5-8-17-34)44(50)24-15-25-45-51(4-2)41-31-33(47-49-37-21-12-14-23-43(37)55-47)27-29-39(41)53(45)35-18-9-6-10-19-35;2-1(3,4)5/h5-31H,3-4H2,1-2H3;/q+1;-1. The third kappa shape index (κ3) is 7.30. The Bertz CT molecular complexity index is 2980. The third-order valence-electron chi connectivity index (χ3n) is 10.3. The van der Waals surface area contributed by atoms with Crippen molar-refractivity contribution < 1.29 is 30.7 Å². The lowest BCUT2D eigenvalue weighted by atomic mass is 10.1. The fraction of sp³-hybridized carbons (Fsp3) is 0.0851. The van der Waals surface area contributed by atoms with Gasteiger partial charge in [0.15, 0.2) is 22.2 Å². The minimum Gasteiger partial charge on any atom is -0.436 e. The number of anilines is 3. The molecule has 4 heterocycles. The van der Waals surface area contributed by atoms with Gasteiger partial charge in [-0.05, 0) is 98.8 Å². The van der Waals surface area contributed by atoms with Crippen LogP contribution < -0.4 is 14.4 Å². The fourth-order valence-corrected chi connectivity index (χ4v) is 7.76. The molecule has 8 nitrogen and oxygen atoms in total. The van der Waals surface area contributed by atoms with Gasteiger partial charge >= 0.3 is 7.25 Å². The zero-order valence-electron chi connectivity index (χ0n) is 32.6. The summed E-state index contributed by atoms with van der Waals surface area (Å²) < 4.78 is 56.1. The summed E-state index contributed by atoms with van der Waals surface area (Å²) in [7, 11) is -6.00. The van der Waals surface area contributed by atoms with Crippen LogP contribution in [0, 0.1) is 0 Å². The summed E-state index contributed by atoms with van der Waals surface area (Å²) >= 11 is 0. The zero-order valence-corrected chi connectivity index (χ0v) is 32.6. The molecule has 13 heteroatoms. The van der Waals surface area contributed by atoms with Gasteiger partial charge in [-0.2, -0.15) is 4.57 Å². The zero-order chi connectivity index (χ0) is 41.4. The molecule has 0 aliphatic carbocycles. The van der Waals surface area contributed by atoms with Crippen LogP contribution in [0.1, 0.15) is 19.7 Å². The van der Waals surface area contributed by atoms with E-state index in [1.165, 1.54) is 0 Å². The van der Waals surface area contributed by atoms with E-state index in [9.17, 15) is 17.3 Å². The van der Waals surface area contributed by atoms with Crippen LogP contribution in [0.5, 0.6) is 0 Å². The van der Waals surface area contributed by atoms with E-state index in [1.807, 2.05) is 48.5 Å². The molecule has 0 bridgehead atoms. The van der Waals surface area contributed by atoms with Gasteiger partial charge in [-0.1, -0.05) is 66.7 Å². The predicted molar refractivity (Wildman–Crippen MR) is 230 cm³/mol. The first-order valence-corrected chi connectivity index (χ1v) is 19.6. The molecule has 0 N–H and O–H groups in total. The molecule has 0 unspecified atom stereocenters. The van der Waals surface area contributed by atoms with E-state index < -0.39 is 7.25 Å². The topological polar surface area (TPSA) is 67.4 Å². The highest BCUT2D eigenvalue weighted by molar-refractivity contribution is 6.50. The molecule has 60 heavy (non-hydrogen) atoms. The van der Waals surface area contributed by atoms with Crippen molar-refractivity contribution in [2.24, 2.45) is 0 Å². The van der Waals surface area contributed by atoms with Crippen molar-refractivity contribution >= 4 is 63.6 Å². The smallest absolute Gasteiger partial charge is 0.436 e. The molecule has 0 saturated heterocycles. The lowest BCUT2D eigenvalue weighted by Crippen LogP contribution is -2.35. The SMILES string of the molecule is CCN1/C(=C/C=C\c2n(-c3ccccc3)c3ccc(-c4nc5ccccc5o4)cc3[n+]2CC)N(c2ccccc2)c2ccc(-c3nc4ccccc4o3)cc21.F[B-](F)(F)F. The number of halogens is 4. The Kier molecular flexibility index (Phi) is 10.0. The molecule has 10 rings (SSSR count). The normalized spacial score (nSPS) is 13.5. The maximum absolute atomic E-state index is 9.75. The summed E-state index contributed by atoms with van der Waals surface area (Å²) in [5.41, 5.74) is 11.7. The van der Waals surface area contributed by atoms with Gasteiger partial charge in [-0.3, -0.25) is 4.90 Å². The number of allylic oxidation sites excluding steroid dienone is 2. The molecule has 3 aromatic heterocycles. The van der Waals surface area contributed by atoms with Crippen molar-refractivity contribution in [3.05, 3.63) is 169 Å². The second-order valence-electron chi connectivity index (χ2n) is 13.9. The second kappa shape index (κ2) is 15.7. The van der Waals surface area contributed by atoms with Crippen LogP contribution in [0.3, 0.4) is 0 Å². The summed E-state index contributed by atoms with van der Waals surface area (Å²) in [6.45, 7) is 5.92. The molecule has 0 amide bonds. The fourth-order valence-electron chi connectivity index (χ4n) is 7.76. The van der Waals surface area contributed by atoms with Gasteiger partial charge in [0, 0.05) is 35.5 Å². The average Bonchev–Trinajstić information content (AvgIpc) is 4.03. The van der Waals surface area contributed by atoms with E-state index in [0.717, 1.165) is 91.8 Å². The van der Waals surface area contributed by atoms with Crippen LogP contribution in [-0.2, 0) is 6.54 Å². The quantitative estimate of drug-likeness (QED) is 0.0866. The van der Waals surface area contributed by atoms with Crippen LogP contribution in [0.15, 0.2) is 172 Å². The van der Waals surface area contributed by atoms with Crippen LogP contribution in [-0.4, -0.2) is 28.3 Å². The Labute approximate surface area is 342 Å². The number of fused-ring (bicyclic) bond motifs is 4. The highest BCUT2D eigenvalue weighted by Crippen LogP contribution is 2.47. The lowest BCUT2D eigenvalue weighted by molar-refractivity contribution is -0.670. The Balaban J connectivity index is 0.000000875.